The standard InChI is InChI=1S/C18H29N7O2/c1-18(2,3)27-17(26)22-12-11-21-16(19-4)20-10-7-9-15-24-23-14-8-5-6-13-25(14)15/h5-6,8,13H,7,9-12H2,1-4H3,(H,22,26)(H2,19,20,21). The molecule has 0 spiro atoms. The van der Waals surface area contributed by atoms with Gasteiger partial charge < -0.3 is 20.7 Å². The van der Waals surface area contributed by atoms with Crippen LogP contribution in [-0.4, -0.2) is 58.9 Å². The predicted molar refractivity (Wildman–Crippen MR) is 105 cm³/mol. The molecule has 0 aliphatic rings. The highest BCUT2D eigenvalue weighted by molar-refractivity contribution is 5.79. The molecule has 0 saturated carbocycles. The van der Waals surface area contributed by atoms with Crippen LogP contribution in [0.15, 0.2) is 29.4 Å². The summed E-state index contributed by atoms with van der Waals surface area (Å²) < 4.78 is 7.18. The first-order chi connectivity index (χ1) is 12.9. The molecule has 2 aromatic rings. The summed E-state index contributed by atoms with van der Waals surface area (Å²) in [6.45, 7) is 7.24. The van der Waals surface area contributed by atoms with Crippen LogP contribution in [0.3, 0.4) is 0 Å². The van der Waals surface area contributed by atoms with Crippen molar-refractivity contribution in [3.05, 3.63) is 30.2 Å². The molecule has 0 aliphatic carbocycles. The van der Waals surface area contributed by atoms with Crippen LogP contribution >= 0.6 is 0 Å². The first-order valence-electron chi connectivity index (χ1n) is 9.09. The minimum atomic E-state index is -0.495. The molecule has 148 valence electrons. The van der Waals surface area contributed by atoms with Gasteiger partial charge in [-0.15, -0.1) is 10.2 Å². The second-order valence-corrected chi connectivity index (χ2v) is 7.00. The second-order valence-electron chi connectivity index (χ2n) is 7.00. The van der Waals surface area contributed by atoms with Crippen LogP contribution in [0.25, 0.3) is 5.65 Å². The SMILES string of the molecule is CN=C(NCCCc1nnc2ccccn12)NCCNC(=O)OC(C)(C)C. The summed E-state index contributed by atoms with van der Waals surface area (Å²) in [5.74, 6) is 1.63. The summed E-state index contributed by atoms with van der Waals surface area (Å²) in [6, 6.07) is 5.85. The molecule has 2 heterocycles. The Hall–Kier alpha value is -2.84. The summed E-state index contributed by atoms with van der Waals surface area (Å²) in [7, 11) is 1.71. The van der Waals surface area contributed by atoms with Gasteiger partial charge in [0.25, 0.3) is 0 Å². The van der Waals surface area contributed by atoms with Crippen LogP contribution in [0, 0.1) is 0 Å². The summed E-state index contributed by atoms with van der Waals surface area (Å²) in [5.41, 5.74) is 0.362. The number of hydrogen-bond acceptors (Lipinski definition) is 5. The summed E-state index contributed by atoms with van der Waals surface area (Å²) in [5, 5.41) is 17.5. The molecule has 9 heteroatoms. The van der Waals surface area contributed by atoms with E-state index in [0.29, 0.717) is 19.0 Å². The molecular weight excluding hydrogens is 346 g/mol. The predicted octanol–water partition coefficient (Wildman–Crippen LogP) is 1.35. The van der Waals surface area contributed by atoms with Crippen LogP contribution in [0.2, 0.25) is 0 Å². The summed E-state index contributed by atoms with van der Waals surface area (Å²) in [6.07, 6.45) is 3.26. The Labute approximate surface area is 159 Å². The molecule has 0 saturated heterocycles. The minimum Gasteiger partial charge on any atom is -0.444 e. The van der Waals surface area contributed by atoms with Crippen LogP contribution in [0.5, 0.6) is 0 Å². The maximum atomic E-state index is 11.6. The number of aliphatic imine (C=N–C) groups is 1. The lowest BCUT2D eigenvalue weighted by Crippen LogP contribution is -2.42. The summed E-state index contributed by atoms with van der Waals surface area (Å²) in [4.78, 5) is 15.7. The van der Waals surface area contributed by atoms with Crippen molar-refractivity contribution >= 4 is 17.7 Å². The number of rotatable bonds is 7. The van der Waals surface area contributed by atoms with Crippen LogP contribution in [-0.2, 0) is 11.2 Å². The average Bonchev–Trinajstić information content (AvgIpc) is 3.02. The molecule has 0 bridgehead atoms. The molecule has 0 aromatic carbocycles. The fourth-order valence-electron chi connectivity index (χ4n) is 2.39. The first-order valence-corrected chi connectivity index (χ1v) is 9.09. The van der Waals surface area contributed by atoms with E-state index in [1.165, 1.54) is 0 Å². The van der Waals surface area contributed by atoms with Crippen LogP contribution < -0.4 is 16.0 Å². The van der Waals surface area contributed by atoms with Gasteiger partial charge in [-0.1, -0.05) is 6.07 Å². The molecule has 0 fully saturated rings. The highest BCUT2D eigenvalue weighted by atomic mass is 16.6. The molecule has 1 amide bonds. The smallest absolute Gasteiger partial charge is 0.407 e. The molecule has 9 nitrogen and oxygen atoms in total. The van der Waals surface area contributed by atoms with Gasteiger partial charge in [-0.2, -0.15) is 0 Å². The maximum Gasteiger partial charge on any atom is 0.407 e. The lowest BCUT2D eigenvalue weighted by molar-refractivity contribution is 0.0529. The van der Waals surface area contributed by atoms with Gasteiger partial charge in [0.05, 0.1) is 0 Å². The van der Waals surface area contributed by atoms with Crippen LogP contribution in [0.4, 0.5) is 4.79 Å². The Morgan fingerprint density at radius 2 is 1.89 bits per heavy atom. The van der Waals surface area contributed by atoms with E-state index in [9.17, 15) is 4.79 Å². The topological polar surface area (TPSA) is 105 Å². The maximum absolute atomic E-state index is 11.6. The monoisotopic (exact) mass is 375 g/mol. The van der Waals surface area contributed by atoms with E-state index in [4.69, 9.17) is 4.74 Å². The quantitative estimate of drug-likeness (QED) is 0.383. The molecule has 0 atom stereocenters. The van der Waals surface area contributed by atoms with Gasteiger partial charge in [0, 0.05) is 39.3 Å². The minimum absolute atomic E-state index is 0.423. The highest BCUT2D eigenvalue weighted by Gasteiger charge is 2.15. The van der Waals surface area contributed by atoms with Crippen molar-refractivity contribution < 1.29 is 9.53 Å². The zero-order valence-electron chi connectivity index (χ0n) is 16.5. The Balaban J connectivity index is 1.62. The Bertz CT molecular complexity index is 764. The number of aryl methyl sites for hydroxylation is 1. The fraction of sp³-hybridized carbons (Fsp3) is 0.556. The normalized spacial score (nSPS) is 12.1. The van der Waals surface area contributed by atoms with Crippen molar-refractivity contribution in [2.75, 3.05) is 26.7 Å². The number of carbonyl (C=O) groups is 1. The van der Waals surface area contributed by atoms with E-state index in [1.54, 1.807) is 7.05 Å². The number of pyridine rings is 1. The Kier molecular flexibility index (Phi) is 7.39. The number of alkyl carbamates (subject to hydrolysis) is 1. The van der Waals surface area contributed by atoms with Gasteiger partial charge in [-0.3, -0.25) is 9.39 Å². The van der Waals surface area contributed by atoms with E-state index in [2.05, 4.69) is 31.1 Å². The van der Waals surface area contributed by atoms with E-state index < -0.39 is 11.7 Å². The number of guanidine groups is 1. The lowest BCUT2D eigenvalue weighted by Gasteiger charge is -2.19. The van der Waals surface area contributed by atoms with E-state index in [1.807, 2.05) is 49.6 Å². The lowest BCUT2D eigenvalue weighted by atomic mass is 10.2. The zero-order chi connectivity index (χ0) is 19.7. The van der Waals surface area contributed by atoms with Gasteiger partial charge in [0.1, 0.15) is 11.4 Å². The number of hydrogen-bond donors (Lipinski definition) is 3. The third kappa shape index (κ3) is 7.12. The molecule has 2 aromatic heterocycles. The Morgan fingerprint density at radius 1 is 1.15 bits per heavy atom. The largest absolute Gasteiger partial charge is 0.444 e. The third-order valence-electron chi connectivity index (χ3n) is 3.56. The number of nitrogens with zero attached hydrogens (tertiary/aromatic N) is 4. The van der Waals surface area contributed by atoms with Gasteiger partial charge >= 0.3 is 6.09 Å². The van der Waals surface area contributed by atoms with Gasteiger partial charge in [0.2, 0.25) is 0 Å². The zero-order valence-corrected chi connectivity index (χ0v) is 16.5. The number of nitrogens with one attached hydrogen (secondary N) is 3. The number of carbonyl (C=O) groups excluding carboxylic acids is 1. The first kappa shape index (κ1) is 20.5. The van der Waals surface area contributed by atoms with Crippen LogP contribution in [0.1, 0.15) is 33.0 Å². The number of aromatic nitrogens is 3. The molecule has 0 radical (unpaired) electrons. The molecular formula is C18H29N7O2. The van der Waals surface area contributed by atoms with Crippen molar-refractivity contribution in [2.24, 2.45) is 4.99 Å². The van der Waals surface area contributed by atoms with Crippen molar-refractivity contribution in [2.45, 2.75) is 39.2 Å². The average molecular weight is 375 g/mol. The third-order valence-corrected chi connectivity index (χ3v) is 3.56. The number of amides is 1. The molecule has 0 unspecified atom stereocenters. The number of fused-ring (bicyclic) bond motifs is 1. The highest BCUT2D eigenvalue weighted by Crippen LogP contribution is 2.06. The van der Waals surface area contributed by atoms with E-state index >= 15 is 0 Å². The molecule has 2 rings (SSSR count). The van der Waals surface area contributed by atoms with E-state index in [0.717, 1.165) is 30.9 Å². The van der Waals surface area contributed by atoms with Gasteiger partial charge in [0.15, 0.2) is 11.6 Å². The Morgan fingerprint density at radius 3 is 2.63 bits per heavy atom. The van der Waals surface area contributed by atoms with Crippen molar-refractivity contribution in [3.8, 4) is 0 Å². The molecule has 3 N–H and O–H groups in total. The van der Waals surface area contributed by atoms with Gasteiger partial charge in [-0.05, 0) is 39.3 Å². The van der Waals surface area contributed by atoms with Crippen molar-refractivity contribution in [1.82, 2.24) is 30.5 Å². The number of ether oxygens (including phenoxy) is 1. The second kappa shape index (κ2) is 9.75. The fourth-order valence-corrected chi connectivity index (χ4v) is 2.39. The molecule has 27 heavy (non-hydrogen) atoms. The summed E-state index contributed by atoms with van der Waals surface area (Å²) >= 11 is 0. The van der Waals surface area contributed by atoms with Crippen molar-refractivity contribution in [1.29, 1.82) is 0 Å². The van der Waals surface area contributed by atoms with Gasteiger partial charge in [-0.25, -0.2) is 4.79 Å². The molecule has 0 aliphatic heterocycles. The van der Waals surface area contributed by atoms with Crippen molar-refractivity contribution in [3.63, 3.8) is 0 Å². The van der Waals surface area contributed by atoms with E-state index in [-0.39, 0.29) is 0 Å².